The van der Waals surface area contributed by atoms with Crippen molar-refractivity contribution in [3.8, 4) is 5.75 Å². The van der Waals surface area contributed by atoms with Gasteiger partial charge >= 0.3 is 11.4 Å². The van der Waals surface area contributed by atoms with Crippen molar-refractivity contribution in [3.63, 3.8) is 0 Å². The van der Waals surface area contributed by atoms with E-state index in [1.165, 1.54) is 0 Å². The first-order chi connectivity index (χ1) is 7.24. The van der Waals surface area contributed by atoms with Crippen LogP contribution in [0.4, 0.5) is 0 Å². The summed E-state index contributed by atoms with van der Waals surface area (Å²) in [5.74, 6) is 0.695. The highest BCUT2D eigenvalue weighted by Crippen LogP contribution is 2.17. The molecule has 82 valence electrons. The summed E-state index contributed by atoms with van der Waals surface area (Å²) in [6.45, 7) is 0.605. The largest absolute Gasteiger partial charge is 0.491 e. The van der Waals surface area contributed by atoms with Gasteiger partial charge in [0, 0.05) is 5.02 Å². The number of halogens is 1. The highest BCUT2D eigenvalue weighted by molar-refractivity contribution is 7.75. The molecule has 1 aliphatic heterocycles. The van der Waals surface area contributed by atoms with Crippen LogP contribution in [-0.2, 0) is 19.7 Å². The van der Waals surface area contributed by atoms with Gasteiger partial charge in [0.05, 0.1) is 6.61 Å². The summed E-state index contributed by atoms with van der Waals surface area (Å²) in [4.78, 5) is 0. The maximum atomic E-state index is 10.7. The van der Waals surface area contributed by atoms with E-state index in [2.05, 4.69) is 0 Å². The molecule has 0 radical (unpaired) electrons. The van der Waals surface area contributed by atoms with Crippen molar-refractivity contribution in [2.24, 2.45) is 0 Å². The van der Waals surface area contributed by atoms with E-state index in [-0.39, 0.29) is 6.10 Å². The van der Waals surface area contributed by atoms with Crippen molar-refractivity contribution in [2.75, 3.05) is 13.2 Å². The third-order valence-corrected chi connectivity index (χ3v) is 2.82. The van der Waals surface area contributed by atoms with Gasteiger partial charge < -0.3 is 4.74 Å². The highest BCUT2D eigenvalue weighted by atomic mass is 35.5. The zero-order valence-corrected chi connectivity index (χ0v) is 9.29. The van der Waals surface area contributed by atoms with Gasteiger partial charge in [0.2, 0.25) is 0 Å². The number of benzene rings is 1. The van der Waals surface area contributed by atoms with E-state index in [4.69, 9.17) is 24.7 Å². The molecule has 0 aromatic heterocycles. The Morgan fingerprint density at radius 1 is 1.47 bits per heavy atom. The molecule has 2 atom stereocenters. The maximum Gasteiger partial charge on any atom is 0.305 e. The summed E-state index contributed by atoms with van der Waals surface area (Å²) in [5.41, 5.74) is 0. The van der Waals surface area contributed by atoms with Crippen molar-refractivity contribution in [1.29, 1.82) is 0 Å². The van der Waals surface area contributed by atoms with Crippen molar-refractivity contribution in [2.45, 2.75) is 6.10 Å². The highest BCUT2D eigenvalue weighted by Gasteiger charge is 2.23. The quantitative estimate of drug-likeness (QED) is 0.817. The van der Waals surface area contributed by atoms with E-state index in [0.717, 1.165) is 0 Å². The average molecular weight is 249 g/mol. The molecule has 0 saturated carbocycles. The smallest absolute Gasteiger partial charge is 0.305 e. The predicted octanol–water partition coefficient (Wildman–Crippen LogP) is 1.71. The lowest BCUT2D eigenvalue weighted by Crippen LogP contribution is -2.19. The standard InChI is InChI=1S/C9H9ClO4S/c10-7-1-3-8(4-2-7)12-5-9-6-13-15(11)14-9/h1-4,9H,5-6H2/t9-,15+/m1/s1. The van der Waals surface area contributed by atoms with Gasteiger partial charge in [0.15, 0.2) is 0 Å². The molecule has 0 amide bonds. The normalized spacial score (nSPS) is 25.4. The Bertz CT molecular complexity index is 354. The Hall–Kier alpha value is -0.620. The van der Waals surface area contributed by atoms with Crippen LogP contribution >= 0.6 is 11.6 Å². The SMILES string of the molecule is O=[S@]1OC[C@@H](COc2ccc(Cl)cc2)O1. The van der Waals surface area contributed by atoms with E-state index in [1.807, 2.05) is 0 Å². The van der Waals surface area contributed by atoms with Crippen LogP contribution in [0.15, 0.2) is 24.3 Å². The molecule has 15 heavy (non-hydrogen) atoms. The van der Waals surface area contributed by atoms with E-state index in [0.29, 0.717) is 24.0 Å². The van der Waals surface area contributed by atoms with Crippen molar-refractivity contribution in [3.05, 3.63) is 29.3 Å². The summed E-state index contributed by atoms with van der Waals surface area (Å²) in [7, 11) is 0. The summed E-state index contributed by atoms with van der Waals surface area (Å²) >= 11 is 4.10. The first-order valence-corrected chi connectivity index (χ1v) is 5.72. The van der Waals surface area contributed by atoms with Crippen LogP contribution in [0.5, 0.6) is 5.75 Å². The van der Waals surface area contributed by atoms with Crippen LogP contribution in [0.25, 0.3) is 0 Å². The van der Waals surface area contributed by atoms with Gasteiger partial charge in [-0.2, -0.15) is 4.21 Å². The molecule has 1 aromatic carbocycles. The molecule has 6 heteroatoms. The second-order valence-electron chi connectivity index (χ2n) is 2.97. The lowest BCUT2D eigenvalue weighted by Gasteiger charge is -2.08. The van der Waals surface area contributed by atoms with Gasteiger partial charge in [-0.05, 0) is 24.3 Å². The van der Waals surface area contributed by atoms with Gasteiger partial charge in [-0.3, -0.25) is 8.37 Å². The van der Waals surface area contributed by atoms with Crippen LogP contribution in [0.3, 0.4) is 0 Å². The van der Waals surface area contributed by atoms with Crippen LogP contribution in [-0.4, -0.2) is 23.5 Å². The number of ether oxygens (including phenoxy) is 1. The third-order valence-electron chi connectivity index (χ3n) is 1.81. The molecular weight excluding hydrogens is 240 g/mol. The zero-order chi connectivity index (χ0) is 10.7. The molecule has 1 aromatic rings. The fraction of sp³-hybridized carbons (Fsp3) is 0.333. The van der Waals surface area contributed by atoms with E-state index in [9.17, 15) is 4.21 Å². The van der Waals surface area contributed by atoms with Gasteiger partial charge in [-0.15, -0.1) is 0 Å². The first-order valence-electron chi connectivity index (χ1n) is 4.34. The number of hydrogen-bond donors (Lipinski definition) is 0. The summed E-state index contributed by atoms with van der Waals surface area (Å²) in [5, 5.41) is 0.656. The van der Waals surface area contributed by atoms with E-state index in [1.54, 1.807) is 24.3 Å². The molecule has 0 bridgehead atoms. The Morgan fingerprint density at radius 3 is 2.80 bits per heavy atom. The Labute approximate surface area is 95.0 Å². The van der Waals surface area contributed by atoms with Gasteiger partial charge in [0.1, 0.15) is 18.5 Å². The fourth-order valence-corrected chi connectivity index (χ4v) is 1.87. The molecule has 0 unspecified atom stereocenters. The molecule has 0 N–H and O–H groups in total. The Kier molecular flexibility index (Phi) is 3.58. The topological polar surface area (TPSA) is 44.8 Å². The second kappa shape index (κ2) is 4.94. The van der Waals surface area contributed by atoms with Crippen molar-refractivity contribution >= 4 is 23.0 Å². The molecule has 4 nitrogen and oxygen atoms in total. The molecule has 0 aliphatic carbocycles. The molecule has 2 rings (SSSR count). The summed E-state index contributed by atoms with van der Waals surface area (Å²) < 4.78 is 25.7. The van der Waals surface area contributed by atoms with Crippen LogP contribution in [0, 0.1) is 0 Å². The van der Waals surface area contributed by atoms with E-state index < -0.39 is 11.4 Å². The molecular formula is C9H9ClO4S. The number of hydrogen-bond acceptors (Lipinski definition) is 4. The molecule has 1 heterocycles. The Morgan fingerprint density at radius 2 is 2.20 bits per heavy atom. The predicted molar refractivity (Wildman–Crippen MR) is 55.9 cm³/mol. The van der Waals surface area contributed by atoms with Crippen LogP contribution in [0.1, 0.15) is 0 Å². The summed E-state index contributed by atoms with van der Waals surface area (Å²) in [6.07, 6.45) is -0.276. The van der Waals surface area contributed by atoms with Gasteiger partial charge in [-0.1, -0.05) is 11.6 Å². The van der Waals surface area contributed by atoms with E-state index >= 15 is 0 Å². The minimum Gasteiger partial charge on any atom is -0.491 e. The van der Waals surface area contributed by atoms with Gasteiger partial charge in [0.25, 0.3) is 0 Å². The molecule has 1 saturated heterocycles. The lowest BCUT2D eigenvalue weighted by molar-refractivity contribution is 0.151. The fourth-order valence-electron chi connectivity index (χ4n) is 1.09. The Balaban J connectivity index is 1.83. The zero-order valence-electron chi connectivity index (χ0n) is 7.72. The third kappa shape index (κ3) is 3.17. The molecule has 1 aliphatic rings. The first kappa shape index (κ1) is 10.9. The maximum absolute atomic E-state index is 10.7. The second-order valence-corrected chi connectivity index (χ2v) is 4.24. The number of rotatable bonds is 3. The summed E-state index contributed by atoms with van der Waals surface area (Å²) in [6, 6.07) is 6.99. The van der Waals surface area contributed by atoms with Crippen LogP contribution in [0.2, 0.25) is 5.02 Å². The molecule has 0 spiro atoms. The minimum atomic E-state index is -1.62. The minimum absolute atomic E-state index is 0.276. The van der Waals surface area contributed by atoms with Gasteiger partial charge in [-0.25, -0.2) is 0 Å². The van der Waals surface area contributed by atoms with Crippen LogP contribution < -0.4 is 4.74 Å². The lowest BCUT2D eigenvalue weighted by atomic mass is 10.3. The van der Waals surface area contributed by atoms with Crippen molar-refractivity contribution < 1.29 is 17.3 Å². The van der Waals surface area contributed by atoms with Crippen molar-refractivity contribution in [1.82, 2.24) is 0 Å². The monoisotopic (exact) mass is 248 g/mol. The molecule has 1 fully saturated rings. The average Bonchev–Trinajstić information content (AvgIpc) is 2.64.